The number of hydrogen-bond acceptors (Lipinski definition) is 7. The van der Waals surface area contributed by atoms with Gasteiger partial charge in [0.15, 0.2) is 0 Å². The van der Waals surface area contributed by atoms with E-state index in [-0.39, 0.29) is 47.4 Å². The molecule has 12 heteroatoms. The number of carbonyl (C=O) groups is 4. The summed E-state index contributed by atoms with van der Waals surface area (Å²) in [6.45, 7) is 5.03. The third-order valence-electron chi connectivity index (χ3n) is 10.2. The number of carboxylic acid groups (broad SMARTS) is 1. The normalized spacial score (nSPS) is 27.3. The second kappa shape index (κ2) is 14.6. The van der Waals surface area contributed by atoms with Crippen LogP contribution < -0.4 is 10.6 Å². The Balaban J connectivity index is 1.28. The summed E-state index contributed by atoms with van der Waals surface area (Å²) in [6, 6.07) is 5.06. The Bertz CT molecular complexity index is 1440. The molecule has 2 heterocycles. The highest BCUT2D eigenvalue weighted by Crippen LogP contribution is 2.42. The third kappa shape index (κ3) is 8.25. The predicted octanol–water partition coefficient (Wildman–Crippen LogP) is 6.16. The van der Waals surface area contributed by atoms with Crippen LogP contribution in [0, 0.1) is 23.7 Å². The molecule has 1 aliphatic heterocycles. The topological polar surface area (TPSA) is 147 Å². The molecule has 1 aromatic carbocycles. The van der Waals surface area contributed by atoms with E-state index in [1.807, 2.05) is 0 Å². The molecule has 0 spiro atoms. The van der Waals surface area contributed by atoms with Crippen LogP contribution in [0.25, 0.3) is 11.0 Å². The lowest BCUT2D eigenvalue weighted by molar-refractivity contribution is -0.142. The van der Waals surface area contributed by atoms with E-state index in [9.17, 15) is 28.7 Å². The zero-order chi connectivity index (χ0) is 33.9. The maximum atomic E-state index is 14.1. The van der Waals surface area contributed by atoms with Crippen LogP contribution in [0.1, 0.15) is 89.1 Å². The molecule has 11 nitrogen and oxygen atoms in total. The molecule has 0 bridgehead atoms. The number of methoxy groups -OCH3 is 1. The maximum absolute atomic E-state index is 14.1. The summed E-state index contributed by atoms with van der Waals surface area (Å²) in [5.74, 6) is -1.79. The van der Waals surface area contributed by atoms with Gasteiger partial charge in [-0.2, -0.15) is 0 Å². The van der Waals surface area contributed by atoms with Crippen LogP contribution in [0.2, 0.25) is 0 Å². The number of carboxylic acids is 1. The molecule has 5 rings (SSSR count). The van der Waals surface area contributed by atoms with Gasteiger partial charge in [-0.05, 0) is 121 Å². The van der Waals surface area contributed by atoms with Crippen molar-refractivity contribution in [1.82, 2.24) is 10.2 Å². The van der Waals surface area contributed by atoms with Gasteiger partial charge in [-0.1, -0.05) is 0 Å². The van der Waals surface area contributed by atoms with E-state index in [1.165, 1.54) is 6.07 Å². The van der Waals surface area contributed by atoms with Crippen LogP contribution in [0.3, 0.4) is 0 Å². The molecule has 2 aliphatic carbocycles. The zero-order valence-electron chi connectivity index (χ0n) is 27.8. The Morgan fingerprint density at radius 2 is 1.72 bits per heavy atom. The van der Waals surface area contributed by atoms with Crippen molar-refractivity contribution in [3.8, 4) is 0 Å². The van der Waals surface area contributed by atoms with Crippen molar-refractivity contribution in [2.75, 3.05) is 25.6 Å². The van der Waals surface area contributed by atoms with Crippen LogP contribution in [-0.4, -0.2) is 78.0 Å². The van der Waals surface area contributed by atoms with E-state index in [0.29, 0.717) is 48.9 Å². The summed E-state index contributed by atoms with van der Waals surface area (Å²) in [5, 5.41) is 15.5. The van der Waals surface area contributed by atoms with Gasteiger partial charge < -0.3 is 34.5 Å². The van der Waals surface area contributed by atoms with Crippen LogP contribution in [0.4, 0.5) is 14.9 Å². The number of hydrogen-bond donors (Lipinski definition) is 3. The molecular formula is C35H48FN3O8. The van der Waals surface area contributed by atoms with Crippen molar-refractivity contribution in [1.29, 1.82) is 0 Å². The SMILES string of the molecule is CO[C@H]1CC[C@H]([C@@H]2CCN(C(=O)[C@H]3CC[C@H]([C@@H](CF)NC(=O)OC(C)(C)C)CC3)[C@@H]2C(=O)Nc2ccc3oc(C(=O)O)cc3c2)CC1. The molecule has 47 heavy (non-hydrogen) atoms. The zero-order valence-corrected chi connectivity index (χ0v) is 27.8. The summed E-state index contributed by atoms with van der Waals surface area (Å²) < 4.78 is 30.3. The van der Waals surface area contributed by atoms with E-state index in [2.05, 4.69) is 10.6 Å². The fourth-order valence-electron chi connectivity index (χ4n) is 7.83. The molecule has 3 N–H and O–H groups in total. The van der Waals surface area contributed by atoms with Gasteiger partial charge in [-0.25, -0.2) is 14.0 Å². The molecule has 3 amide bonds. The van der Waals surface area contributed by atoms with Crippen molar-refractivity contribution in [2.24, 2.45) is 23.7 Å². The number of benzene rings is 1. The summed E-state index contributed by atoms with van der Waals surface area (Å²) >= 11 is 0. The monoisotopic (exact) mass is 657 g/mol. The highest BCUT2D eigenvalue weighted by Gasteiger charge is 2.47. The molecule has 0 radical (unpaired) electrons. The molecule has 2 saturated carbocycles. The number of alkyl carbamates (subject to hydrolysis) is 1. The molecule has 3 fully saturated rings. The molecule has 1 saturated heterocycles. The molecule has 258 valence electrons. The number of ether oxygens (including phenoxy) is 2. The molecule has 1 aromatic heterocycles. The number of furan rings is 1. The van der Waals surface area contributed by atoms with Crippen LogP contribution in [0.15, 0.2) is 28.7 Å². The number of fused-ring (bicyclic) bond motifs is 1. The first-order valence-electron chi connectivity index (χ1n) is 16.8. The van der Waals surface area contributed by atoms with Crippen molar-refractivity contribution < 1.29 is 42.6 Å². The fraction of sp³-hybridized carbons (Fsp3) is 0.657. The van der Waals surface area contributed by atoms with Gasteiger partial charge in [0.25, 0.3) is 0 Å². The first kappa shape index (κ1) is 34.7. The van der Waals surface area contributed by atoms with E-state index in [4.69, 9.17) is 13.9 Å². The molecule has 0 unspecified atom stereocenters. The molecule has 2 aromatic rings. The van der Waals surface area contributed by atoms with Crippen molar-refractivity contribution in [2.45, 2.75) is 102 Å². The summed E-state index contributed by atoms with van der Waals surface area (Å²) in [6.07, 6.45) is 6.24. The standard InChI is InChI=1S/C35H48FN3O8/c1-35(2,3)47-34(44)38-27(19-36)21-5-7-22(8-6-21)32(41)39-16-15-26(20-9-12-25(45-4)13-10-20)30(39)31(40)37-24-11-14-28-23(17-24)18-29(46-28)33(42)43/h11,14,17-18,20-22,25-27,30H,5-10,12-13,15-16,19H2,1-4H3,(H,37,40)(H,38,44)(H,42,43)/t20-,21-,22-,25-,26-,27+,30-/m0/s1. The lowest BCUT2D eigenvalue weighted by Gasteiger charge is -2.38. The van der Waals surface area contributed by atoms with Gasteiger partial charge in [-0.3, -0.25) is 9.59 Å². The van der Waals surface area contributed by atoms with Gasteiger partial charge in [0.2, 0.25) is 17.6 Å². The largest absolute Gasteiger partial charge is 0.475 e. The van der Waals surface area contributed by atoms with Gasteiger partial charge >= 0.3 is 12.1 Å². The highest BCUT2D eigenvalue weighted by molar-refractivity contribution is 6.00. The number of aromatic carboxylic acids is 1. The Morgan fingerprint density at radius 1 is 1.02 bits per heavy atom. The van der Waals surface area contributed by atoms with Gasteiger partial charge in [-0.15, -0.1) is 0 Å². The van der Waals surface area contributed by atoms with E-state index < -0.39 is 36.4 Å². The van der Waals surface area contributed by atoms with E-state index in [0.717, 1.165) is 32.1 Å². The molecular weight excluding hydrogens is 609 g/mol. The number of halogens is 1. The minimum atomic E-state index is -1.17. The van der Waals surface area contributed by atoms with E-state index in [1.54, 1.807) is 51.0 Å². The van der Waals surface area contributed by atoms with Crippen LogP contribution >= 0.6 is 0 Å². The summed E-state index contributed by atoms with van der Waals surface area (Å²) in [4.78, 5) is 53.6. The van der Waals surface area contributed by atoms with Crippen molar-refractivity contribution in [3.63, 3.8) is 0 Å². The van der Waals surface area contributed by atoms with Crippen molar-refractivity contribution >= 4 is 40.5 Å². The Kier molecular flexibility index (Phi) is 10.8. The van der Waals surface area contributed by atoms with Crippen LogP contribution in [0.5, 0.6) is 0 Å². The van der Waals surface area contributed by atoms with E-state index >= 15 is 0 Å². The molecule has 3 atom stereocenters. The maximum Gasteiger partial charge on any atom is 0.407 e. The number of amides is 3. The number of carbonyl (C=O) groups excluding carboxylic acids is 3. The first-order valence-corrected chi connectivity index (χ1v) is 16.8. The predicted molar refractivity (Wildman–Crippen MR) is 173 cm³/mol. The minimum Gasteiger partial charge on any atom is -0.475 e. The first-order chi connectivity index (χ1) is 22.4. The summed E-state index contributed by atoms with van der Waals surface area (Å²) in [7, 11) is 1.73. The third-order valence-corrected chi connectivity index (χ3v) is 10.2. The lowest BCUT2D eigenvalue weighted by Crippen LogP contribution is -2.50. The van der Waals surface area contributed by atoms with Gasteiger partial charge in [0.05, 0.1) is 12.1 Å². The minimum absolute atomic E-state index is 0.00156. The molecule has 3 aliphatic rings. The number of rotatable bonds is 9. The number of anilines is 1. The fourth-order valence-corrected chi connectivity index (χ4v) is 7.83. The smallest absolute Gasteiger partial charge is 0.407 e. The number of likely N-dealkylation sites (tertiary alicyclic amines) is 1. The second-order valence-corrected chi connectivity index (χ2v) is 14.4. The van der Waals surface area contributed by atoms with Crippen molar-refractivity contribution in [3.05, 3.63) is 30.0 Å². The average Bonchev–Trinajstić information content (AvgIpc) is 3.68. The highest BCUT2D eigenvalue weighted by atomic mass is 19.1. The second-order valence-electron chi connectivity index (χ2n) is 14.4. The van der Waals surface area contributed by atoms with Crippen LogP contribution in [-0.2, 0) is 19.1 Å². The Hall–Kier alpha value is -3.67. The Labute approximate surface area is 274 Å². The summed E-state index contributed by atoms with van der Waals surface area (Å²) in [5.41, 5.74) is 0.208. The number of nitrogens with zero attached hydrogens (tertiary/aromatic N) is 1. The van der Waals surface area contributed by atoms with Gasteiger partial charge in [0.1, 0.15) is 23.9 Å². The van der Waals surface area contributed by atoms with Gasteiger partial charge in [0, 0.05) is 30.6 Å². The number of nitrogens with one attached hydrogen (secondary N) is 2. The Morgan fingerprint density at radius 3 is 2.34 bits per heavy atom. The lowest BCUT2D eigenvalue weighted by atomic mass is 9.75. The average molecular weight is 658 g/mol. The number of alkyl halides is 1. The quantitative estimate of drug-likeness (QED) is 0.291.